The van der Waals surface area contributed by atoms with Gasteiger partial charge in [-0.25, -0.2) is 0 Å². The van der Waals surface area contributed by atoms with Gasteiger partial charge in [-0.3, -0.25) is 24.2 Å². The lowest BCUT2D eigenvalue weighted by Gasteiger charge is -2.34. The minimum atomic E-state index is -1.10. The number of pyridine rings is 1. The molecule has 156 valence electrons. The van der Waals surface area contributed by atoms with Crippen molar-refractivity contribution >= 4 is 45.4 Å². The van der Waals surface area contributed by atoms with Gasteiger partial charge in [-0.05, 0) is 42.7 Å². The molecule has 1 spiro atoms. The summed E-state index contributed by atoms with van der Waals surface area (Å²) in [6.45, 7) is 1.68. The zero-order valence-corrected chi connectivity index (χ0v) is 17.1. The fourth-order valence-corrected chi connectivity index (χ4v) is 5.52. The molecule has 2 saturated heterocycles. The van der Waals surface area contributed by atoms with Crippen LogP contribution in [0.4, 0.5) is 0 Å². The van der Waals surface area contributed by atoms with Crippen molar-refractivity contribution in [2.45, 2.75) is 19.3 Å². The number of rotatable bonds is 4. The summed E-state index contributed by atoms with van der Waals surface area (Å²) >= 11 is 0.940. The molecular weight excluding hydrogens is 406 g/mol. The number of hydrogen-bond donors (Lipinski definition) is 1. The highest BCUT2D eigenvalue weighted by Gasteiger charge is 2.55. The Morgan fingerprint density at radius 3 is 2.80 bits per heavy atom. The van der Waals surface area contributed by atoms with E-state index in [-0.39, 0.29) is 39.6 Å². The predicted molar refractivity (Wildman–Crippen MR) is 109 cm³/mol. The van der Waals surface area contributed by atoms with Crippen LogP contribution >= 0.6 is 11.8 Å². The van der Waals surface area contributed by atoms with E-state index >= 15 is 0 Å². The van der Waals surface area contributed by atoms with Gasteiger partial charge >= 0.3 is 0 Å². The maximum Gasteiger partial charge on any atom is 0.287 e. The molecule has 2 aromatic heterocycles. The van der Waals surface area contributed by atoms with E-state index in [9.17, 15) is 19.2 Å². The fraction of sp³-hybridized carbons (Fsp3) is 0.476. The minimum absolute atomic E-state index is 0.108. The standard InChI is InChI=1S/C21H21N3O5S/c25-14-11-30-20(28)17(14)19(27)24-5-2-21(3-6-24)8-13(21)9-23-18(26)15-7-12-1-4-22-10-16(12)29-15/h1,4,7,10,13,17H,2-3,5-6,8-9,11H2,(H,23,26). The van der Waals surface area contributed by atoms with Crippen LogP contribution in [0.1, 0.15) is 29.8 Å². The number of hydrogen-bond acceptors (Lipinski definition) is 7. The molecule has 3 fully saturated rings. The molecule has 2 aromatic rings. The van der Waals surface area contributed by atoms with Crippen molar-refractivity contribution in [2.75, 3.05) is 25.4 Å². The number of ketones is 1. The second kappa shape index (κ2) is 7.23. The molecule has 3 aliphatic rings. The van der Waals surface area contributed by atoms with Gasteiger partial charge in [0.05, 0.1) is 11.9 Å². The average molecular weight is 427 g/mol. The second-order valence-corrected chi connectivity index (χ2v) is 9.31. The van der Waals surface area contributed by atoms with Gasteiger partial charge in [0.2, 0.25) is 11.0 Å². The molecule has 0 bridgehead atoms. The van der Waals surface area contributed by atoms with Crippen LogP contribution < -0.4 is 5.32 Å². The van der Waals surface area contributed by atoms with Crippen molar-refractivity contribution < 1.29 is 23.6 Å². The lowest BCUT2D eigenvalue weighted by molar-refractivity contribution is -0.143. The van der Waals surface area contributed by atoms with E-state index in [1.807, 2.05) is 0 Å². The normalized spacial score (nSPS) is 25.1. The quantitative estimate of drug-likeness (QED) is 0.739. The van der Waals surface area contributed by atoms with Gasteiger partial charge in [0.1, 0.15) is 0 Å². The lowest BCUT2D eigenvalue weighted by atomic mass is 9.90. The molecule has 30 heavy (non-hydrogen) atoms. The van der Waals surface area contributed by atoms with E-state index < -0.39 is 5.92 Å². The SMILES string of the molecule is O=C(NCC1CC12CCN(C(=O)C1C(=O)CSC1=O)CC2)c1cc2ccncc2o1. The number of Topliss-reactive ketones (excluding diaryl/α,β-unsaturated/α-hetero) is 1. The Balaban J connectivity index is 1.13. The van der Waals surface area contributed by atoms with Crippen LogP contribution in [0.15, 0.2) is 28.9 Å². The third kappa shape index (κ3) is 3.30. The highest BCUT2D eigenvalue weighted by Crippen LogP contribution is 2.59. The van der Waals surface area contributed by atoms with Gasteiger partial charge in [0.15, 0.2) is 23.0 Å². The average Bonchev–Trinajstić information content (AvgIpc) is 3.08. The highest BCUT2D eigenvalue weighted by molar-refractivity contribution is 8.15. The summed E-state index contributed by atoms with van der Waals surface area (Å²) < 4.78 is 5.55. The van der Waals surface area contributed by atoms with Crippen LogP contribution in [0.3, 0.4) is 0 Å². The molecule has 0 radical (unpaired) electrons. The molecule has 9 heteroatoms. The molecule has 8 nitrogen and oxygen atoms in total. The summed E-state index contributed by atoms with van der Waals surface area (Å²) in [5.41, 5.74) is 0.723. The number of furan rings is 1. The maximum absolute atomic E-state index is 12.6. The molecule has 2 unspecified atom stereocenters. The highest BCUT2D eigenvalue weighted by atomic mass is 32.2. The van der Waals surface area contributed by atoms with Gasteiger partial charge in [0.25, 0.3) is 5.91 Å². The van der Waals surface area contributed by atoms with Crippen molar-refractivity contribution in [3.8, 4) is 0 Å². The lowest BCUT2D eigenvalue weighted by Crippen LogP contribution is -2.45. The smallest absolute Gasteiger partial charge is 0.287 e. The topological polar surface area (TPSA) is 110 Å². The summed E-state index contributed by atoms with van der Waals surface area (Å²) in [5, 5.41) is 3.48. The number of nitrogens with zero attached hydrogens (tertiary/aromatic N) is 2. The Labute approximate surface area is 176 Å². The van der Waals surface area contributed by atoms with Crippen molar-refractivity contribution in [3.63, 3.8) is 0 Å². The third-order valence-corrected chi connectivity index (χ3v) is 7.60. The first-order chi connectivity index (χ1) is 14.5. The zero-order valence-electron chi connectivity index (χ0n) is 16.3. The van der Waals surface area contributed by atoms with Crippen molar-refractivity contribution in [1.82, 2.24) is 15.2 Å². The van der Waals surface area contributed by atoms with Crippen LogP contribution in [0.5, 0.6) is 0 Å². The molecule has 1 aliphatic carbocycles. The van der Waals surface area contributed by atoms with Gasteiger partial charge in [-0.15, -0.1) is 0 Å². The number of piperidine rings is 1. The molecule has 5 rings (SSSR count). The minimum Gasteiger partial charge on any atom is -0.449 e. The zero-order chi connectivity index (χ0) is 20.9. The van der Waals surface area contributed by atoms with E-state index in [1.165, 1.54) is 0 Å². The summed E-state index contributed by atoms with van der Waals surface area (Å²) in [5.74, 6) is -1.20. The third-order valence-electron chi connectivity index (χ3n) is 6.65. The number of carbonyl (C=O) groups is 4. The second-order valence-electron chi connectivity index (χ2n) is 8.33. The Morgan fingerprint density at radius 2 is 2.10 bits per heavy atom. The van der Waals surface area contributed by atoms with Crippen molar-refractivity contribution in [3.05, 3.63) is 30.3 Å². The fourth-order valence-electron chi connectivity index (χ4n) is 4.67. The Morgan fingerprint density at radius 1 is 1.30 bits per heavy atom. The number of likely N-dealkylation sites (tertiary alicyclic amines) is 1. The first-order valence-electron chi connectivity index (χ1n) is 10.1. The summed E-state index contributed by atoms with van der Waals surface area (Å²) in [7, 11) is 0. The monoisotopic (exact) mass is 427 g/mol. The van der Waals surface area contributed by atoms with Crippen LogP contribution in [0.25, 0.3) is 11.0 Å². The number of amides is 2. The van der Waals surface area contributed by atoms with Crippen molar-refractivity contribution in [1.29, 1.82) is 0 Å². The van der Waals surface area contributed by atoms with Crippen molar-refractivity contribution in [2.24, 2.45) is 17.3 Å². The Hall–Kier alpha value is -2.68. The van der Waals surface area contributed by atoms with E-state index in [1.54, 1.807) is 29.4 Å². The van der Waals surface area contributed by atoms with Crippen LogP contribution in [0, 0.1) is 17.3 Å². The summed E-state index contributed by atoms with van der Waals surface area (Å²) in [6.07, 6.45) is 5.91. The van der Waals surface area contributed by atoms with E-state index in [2.05, 4.69) is 10.3 Å². The number of nitrogens with one attached hydrogen (secondary N) is 1. The van der Waals surface area contributed by atoms with Gasteiger partial charge in [0, 0.05) is 31.2 Å². The molecular formula is C21H21N3O5S. The maximum atomic E-state index is 12.6. The van der Waals surface area contributed by atoms with Gasteiger partial charge in [-0.2, -0.15) is 0 Å². The molecule has 2 atom stereocenters. The first-order valence-corrected chi connectivity index (χ1v) is 11.1. The molecule has 2 amide bonds. The van der Waals surface area contributed by atoms with Crippen LogP contribution in [-0.4, -0.2) is 58.0 Å². The van der Waals surface area contributed by atoms with Gasteiger partial charge in [-0.1, -0.05) is 11.8 Å². The predicted octanol–water partition coefficient (Wildman–Crippen LogP) is 1.64. The van der Waals surface area contributed by atoms with Gasteiger partial charge < -0.3 is 14.6 Å². The Kier molecular flexibility index (Phi) is 4.65. The van der Waals surface area contributed by atoms with E-state index in [4.69, 9.17) is 4.42 Å². The summed E-state index contributed by atoms with van der Waals surface area (Å²) in [4.78, 5) is 54.3. The molecule has 1 N–H and O–H groups in total. The molecule has 0 aromatic carbocycles. The first kappa shape index (κ1) is 19.3. The molecule has 1 saturated carbocycles. The van der Waals surface area contributed by atoms with Crippen LogP contribution in [0.2, 0.25) is 0 Å². The number of carbonyl (C=O) groups excluding carboxylic acids is 4. The number of fused-ring (bicyclic) bond motifs is 1. The van der Waals surface area contributed by atoms with Crippen LogP contribution in [-0.2, 0) is 14.4 Å². The molecule has 4 heterocycles. The number of aromatic nitrogens is 1. The largest absolute Gasteiger partial charge is 0.449 e. The summed E-state index contributed by atoms with van der Waals surface area (Å²) in [6, 6.07) is 3.51. The van der Waals surface area contributed by atoms with E-state index in [0.29, 0.717) is 31.1 Å². The Bertz CT molecular complexity index is 1010. The molecule has 2 aliphatic heterocycles. The number of thioether (sulfide) groups is 1. The van der Waals surface area contributed by atoms with E-state index in [0.717, 1.165) is 36.4 Å².